The van der Waals surface area contributed by atoms with Crippen molar-refractivity contribution < 1.29 is 23.5 Å². The fourth-order valence-corrected chi connectivity index (χ4v) is 4.48. The Hall–Kier alpha value is -3.29. The molecule has 1 aliphatic rings. The van der Waals surface area contributed by atoms with E-state index in [1.807, 2.05) is 40.0 Å². The molecule has 1 aliphatic heterocycles. The third-order valence-corrected chi connectivity index (χ3v) is 6.13. The summed E-state index contributed by atoms with van der Waals surface area (Å²) < 4.78 is 24.8. The van der Waals surface area contributed by atoms with Crippen molar-refractivity contribution in [1.29, 1.82) is 0 Å². The van der Waals surface area contributed by atoms with Crippen molar-refractivity contribution in [2.75, 3.05) is 19.7 Å². The van der Waals surface area contributed by atoms with Gasteiger partial charge in [0.2, 0.25) is 0 Å². The Kier molecular flexibility index (Phi) is 8.59. The Bertz CT molecular complexity index is 1090. The number of carbonyl (C=O) groups is 2. The molecular formula is C27H36FN3O4. The van der Waals surface area contributed by atoms with Gasteiger partial charge in [-0.25, -0.2) is 14.0 Å². The zero-order valence-electron chi connectivity index (χ0n) is 21.0. The molecule has 8 heteroatoms. The van der Waals surface area contributed by atoms with E-state index in [1.165, 1.54) is 12.1 Å². The first-order valence-electron chi connectivity index (χ1n) is 12.1. The maximum atomic E-state index is 13.8. The van der Waals surface area contributed by atoms with E-state index < -0.39 is 11.7 Å². The Morgan fingerprint density at radius 3 is 2.83 bits per heavy atom. The predicted molar refractivity (Wildman–Crippen MR) is 135 cm³/mol. The van der Waals surface area contributed by atoms with Gasteiger partial charge in [0, 0.05) is 42.1 Å². The summed E-state index contributed by atoms with van der Waals surface area (Å²) in [6, 6.07) is 4.39. The maximum absolute atomic E-state index is 13.8. The number of fused-ring (bicyclic) bond motifs is 1. The lowest BCUT2D eigenvalue weighted by molar-refractivity contribution is 0.0206. The Balaban J connectivity index is 1.83. The second-order valence-electron chi connectivity index (χ2n) is 9.79. The highest BCUT2D eigenvalue weighted by Gasteiger charge is 2.38. The molecule has 0 saturated carbocycles. The minimum Gasteiger partial charge on any atom is -0.445 e. The van der Waals surface area contributed by atoms with Gasteiger partial charge >= 0.3 is 12.2 Å². The number of hydrogen-bond acceptors (Lipinski definition) is 4. The number of H-pyrrole nitrogens is 1. The Labute approximate surface area is 206 Å². The molecular weight excluding hydrogens is 449 g/mol. The number of benzene rings is 1. The van der Waals surface area contributed by atoms with Crippen LogP contribution in [0.2, 0.25) is 0 Å². The number of alkyl carbamates (subject to hydrolysis) is 1. The van der Waals surface area contributed by atoms with Crippen LogP contribution in [-0.4, -0.2) is 53.4 Å². The van der Waals surface area contributed by atoms with Gasteiger partial charge in [0.15, 0.2) is 0 Å². The van der Waals surface area contributed by atoms with Gasteiger partial charge in [0.1, 0.15) is 18.0 Å². The van der Waals surface area contributed by atoms with Gasteiger partial charge in [0.05, 0.1) is 0 Å². The minimum atomic E-state index is -0.615. The molecule has 1 aromatic carbocycles. The Morgan fingerprint density at radius 1 is 1.37 bits per heavy atom. The smallest absolute Gasteiger partial charge is 0.410 e. The molecule has 2 N–H and O–H groups in total. The highest BCUT2D eigenvalue weighted by molar-refractivity contribution is 5.84. The molecule has 7 nitrogen and oxygen atoms in total. The quantitative estimate of drug-likeness (QED) is 0.447. The molecule has 2 aromatic rings. The van der Waals surface area contributed by atoms with Crippen molar-refractivity contribution in [1.82, 2.24) is 15.2 Å². The van der Waals surface area contributed by atoms with Gasteiger partial charge in [-0.2, -0.15) is 0 Å². The highest BCUT2D eigenvalue weighted by Crippen LogP contribution is 2.35. The Morgan fingerprint density at radius 2 is 2.14 bits per heavy atom. The fraction of sp³-hybridized carbons (Fsp3) is 0.481. The SMILES string of the molecule is C=C/C=C(\CC)COC(=O)NCC(c1c[nH]c2cc(F)ccc12)C1CCCN1C(=O)OC(C)(C)C. The first-order chi connectivity index (χ1) is 16.6. The van der Waals surface area contributed by atoms with E-state index in [2.05, 4.69) is 16.9 Å². The zero-order valence-corrected chi connectivity index (χ0v) is 21.0. The molecule has 2 heterocycles. The average molecular weight is 486 g/mol. The number of ether oxygens (including phenoxy) is 2. The molecule has 2 atom stereocenters. The van der Waals surface area contributed by atoms with Crippen LogP contribution in [0.15, 0.2) is 48.7 Å². The average Bonchev–Trinajstić information content (AvgIpc) is 3.43. The van der Waals surface area contributed by atoms with Crippen LogP contribution in [0, 0.1) is 5.82 Å². The van der Waals surface area contributed by atoms with Crippen LogP contribution in [0.4, 0.5) is 14.0 Å². The van der Waals surface area contributed by atoms with Crippen LogP contribution in [0.25, 0.3) is 10.9 Å². The van der Waals surface area contributed by atoms with Crippen LogP contribution in [0.1, 0.15) is 58.4 Å². The lowest BCUT2D eigenvalue weighted by Crippen LogP contribution is -2.45. The molecule has 0 bridgehead atoms. The number of aromatic nitrogens is 1. The summed E-state index contributed by atoms with van der Waals surface area (Å²) in [5, 5.41) is 3.72. The van der Waals surface area contributed by atoms with Gasteiger partial charge < -0.3 is 24.7 Å². The molecule has 1 fully saturated rings. The van der Waals surface area contributed by atoms with Crippen molar-refractivity contribution in [3.63, 3.8) is 0 Å². The van der Waals surface area contributed by atoms with E-state index in [9.17, 15) is 14.0 Å². The molecule has 35 heavy (non-hydrogen) atoms. The minimum absolute atomic E-state index is 0.179. The third-order valence-electron chi connectivity index (χ3n) is 6.13. The number of nitrogens with one attached hydrogen (secondary N) is 2. The number of allylic oxidation sites excluding steroid dienone is 2. The summed E-state index contributed by atoms with van der Waals surface area (Å²) in [4.78, 5) is 30.4. The molecule has 1 aromatic heterocycles. The standard InChI is InChI=1S/C27H36FN3O4/c1-6-9-18(7-2)17-34-25(32)30-16-22(21-15-29-23-14-19(28)11-12-20(21)23)24-10-8-13-31(24)26(33)35-27(3,4)5/h6,9,11-12,14-15,22,24,29H,1,7-8,10,13,16-17H2,2-5H3,(H,30,32)/b18-9+. The van der Waals surface area contributed by atoms with E-state index in [4.69, 9.17) is 9.47 Å². The van der Waals surface area contributed by atoms with Crippen LogP contribution in [-0.2, 0) is 9.47 Å². The van der Waals surface area contributed by atoms with E-state index in [0.29, 0.717) is 12.1 Å². The lowest BCUT2D eigenvalue weighted by Gasteiger charge is -2.33. The van der Waals surface area contributed by atoms with Crippen molar-refractivity contribution in [3.8, 4) is 0 Å². The maximum Gasteiger partial charge on any atom is 0.410 e. The predicted octanol–water partition coefficient (Wildman–Crippen LogP) is 6.04. The first kappa shape index (κ1) is 26.3. The van der Waals surface area contributed by atoms with Crippen LogP contribution >= 0.6 is 0 Å². The summed E-state index contributed by atoms with van der Waals surface area (Å²) >= 11 is 0. The van der Waals surface area contributed by atoms with Crippen molar-refractivity contribution in [2.45, 2.75) is 64.5 Å². The number of likely N-dealkylation sites (tertiary alicyclic amines) is 1. The number of halogens is 1. The second kappa shape index (κ2) is 11.4. The summed E-state index contributed by atoms with van der Waals surface area (Å²) in [5.74, 6) is -0.578. The fourth-order valence-electron chi connectivity index (χ4n) is 4.48. The van der Waals surface area contributed by atoms with Crippen LogP contribution in [0.5, 0.6) is 0 Å². The van der Waals surface area contributed by atoms with E-state index in [0.717, 1.165) is 35.8 Å². The third kappa shape index (κ3) is 6.87. The van der Waals surface area contributed by atoms with Crippen molar-refractivity contribution >= 4 is 23.1 Å². The van der Waals surface area contributed by atoms with Crippen molar-refractivity contribution in [2.24, 2.45) is 0 Å². The van der Waals surface area contributed by atoms with Gasteiger partial charge in [0.25, 0.3) is 0 Å². The topological polar surface area (TPSA) is 83.7 Å². The normalized spacial score (nSPS) is 17.3. The van der Waals surface area contributed by atoms with Gasteiger partial charge in [-0.3, -0.25) is 0 Å². The molecule has 2 amide bonds. The number of carbonyl (C=O) groups excluding carboxylic acids is 2. The summed E-state index contributed by atoms with van der Waals surface area (Å²) in [5.41, 5.74) is 1.91. The van der Waals surface area contributed by atoms with Gasteiger partial charge in [-0.05, 0) is 69.4 Å². The molecule has 0 radical (unpaired) electrons. The molecule has 3 rings (SSSR count). The van der Waals surface area contributed by atoms with E-state index in [-0.39, 0.29) is 37.0 Å². The van der Waals surface area contributed by atoms with Crippen LogP contribution in [0.3, 0.4) is 0 Å². The van der Waals surface area contributed by atoms with E-state index in [1.54, 1.807) is 17.0 Å². The first-order valence-corrected chi connectivity index (χ1v) is 12.1. The number of nitrogens with zero attached hydrogens (tertiary/aromatic N) is 1. The number of aromatic amines is 1. The highest BCUT2D eigenvalue weighted by atomic mass is 19.1. The molecule has 0 spiro atoms. The summed E-state index contributed by atoms with van der Waals surface area (Å²) in [6.45, 7) is 12.2. The lowest BCUT2D eigenvalue weighted by atomic mass is 9.89. The number of amides is 2. The largest absolute Gasteiger partial charge is 0.445 e. The van der Waals surface area contributed by atoms with E-state index >= 15 is 0 Å². The summed E-state index contributed by atoms with van der Waals surface area (Å²) in [6.07, 6.45) is 6.76. The molecule has 190 valence electrons. The van der Waals surface area contributed by atoms with Crippen molar-refractivity contribution in [3.05, 3.63) is 60.1 Å². The second-order valence-corrected chi connectivity index (χ2v) is 9.79. The zero-order chi connectivity index (χ0) is 25.6. The van der Waals surface area contributed by atoms with Crippen LogP contribution < -0.4 is 5.32 Å². The molecule has 0 aliphatic carbocycles. The number of hydrogen-bond donors (Lipinski definition) is 2. The summed E-state index contributed by atoms with van der Waals surface area (Å²) in [7, 11) is 0. The molecule has 1 saturated heterocycles. The number of rotatable bonds is 8. The molecule has 2 unspecified atom stereocenters. The van der Waals surface area contributed by atoms with Gasteiger partial charge in [-0.1, -0.05) is 25.7 Å². The monoisotopic (exact) mass is 485 g/mol. The van der Waals surface area contributed by atoms with Gasteiger partial charge in [-0.15, -0.1) is 0 Å².